The Kier molecular flexibility index (Phi) is 5.40. The molecule has 2 aromatic carbocycles. The van der Waals surface area contributed by atoms with Crippen molar-refractivity contribution < 1.29 is 14.4 Å². The molecule has 1 saturated heterocycles. The van der Waals surface area contributed by atoms with Gasteiger partial charge in [-0.1, -0.05) is 42.5 Å². The van der Waals surface area contributed by atoms with Crippen LogP contribution >= 0.6 is 0 Å². The van der Waals surface area contributed by atoms with Crippen molar-refractivity contribution in [2.75, 3.05) is 11.9 Å². The number of nitrogens with zero attached hydrogens (tertiary/aromatic N) is 1. The molecular weight excluding hydrogens is 344 g/mol. The molecule has 4 N–H and O–H groups in total. The topological polar surface area (TPSA) is 105 Å². The Balaban J connectivity index is 1.61. The summed E-state index contributed by atoms with van der Waals surface area (Å²) in [4.78, 5) is 37.9. The summed E-state index contributed by atoms with van der Waals surface area (Å²) in [6, 6.07) is 15.4. The largest absolute Gasteiger partial charge is 0.366 e. The predicted octanol–water partition coefficient (Wildman–Crippen LogP) is 2.27. The van der Waals surface area contributed by atoms with Gasteiger partial charge in [0, 0.05) is 13.0 Å². The lowest BCUT2D eigenvalue weighted by Crippen LogP contribution is -2.40. The third-order valence-electron chi connectivity index (χ3n) is 4.68. The summed E-state index contributed by atoms with van der Waals surface area (Å²) in [6.07, 6.45) is 0.238. The van der Waals surface area contributed by atoms with E-state index in [9.17, 15) is 14.4 Å². The predicted molar refractivity (Wildman–Crippen MR) is 102 cm³/mol. The second-order valence-corrected chi connectivity index (χ2v) is 6.54. The van der Waals surface area contributed by atoms with Gasteiger partial charge in [0.2, 0.25) is 5.91 Å². The molecular formula is C20H22N4O3. The van der Waals surface area contributed by atoms with Crippen LogP contribution < -0.4 is 16.4 Å². The zero-order chi connectivity index (χ0) is 19.4. The molecule has 0 aromatic heterocycles. The third-order valence-corrected chi connectivity index (χ3v) is 4.68. The molecule has 1 fully saturated rings. The first-order valence-corrected chi connectivity index (χ1v) is 8.76. The number of primary amides is 1. The van der Waals surface area contributed by atoms with Crippen LogP contribution in [0.25, 0.3) is 0 Å². The van der Waals surface area contributed by atoms with Gasteiger partial charge in [0.05, 0.1) is 23.3 Å². The Morgan fingerprint density at radius 3 is 2.48 bits per heavy atom. The SMILES string of the molecule is CC(c1ccccc1)N1CC(NC(=O)Nc2ccccc2C(N)=O)CC1=O. The molecule has 0 aliphatic carbocycles. The molecule has 1 aliphatic rings. The monoisotopic (exact) mass is 366 g/mol. The van der Waals surface area contributed by atoms with E-state index in [4.69, 9.17) is 5.73 Å². The summed E-state index contributed by atoms with van der Waals surface area (Å²) in [7, 11) is 0. The fraction of sp³-hybridized carbons (Fsp3) is 0.250. The van der Waals surface area contributed by atoms with Gasteiger partial charge in [-0.25, -0.2) is 4.79 Å². The fourth-order valence-corrected chi connectivity index (χ4v) is 3.26. The second kappa shape index (κ2) is 7.90. The molecule has 0 saturated carbocycles. The summed E-state index contributed by atoms with van der Waals surface area (Å²) < 4.78 is 0. The van der Waals surface area contributed by atoms with Crippen LogP contribution in [0.1, 0.15) is 35.3 Å². The van der Waals surface area contributed by atoms with E-state index in [0.717, 1.165) is 5.56 Å². The van der Waals surface area contributed by atoms with E-state index in [1.165, 1.54) is 0 Å². The van der Waals surface area contributed by atoms with Gasteiger partial charge in [-0.3, -0.25) is 9.59 Å². The normalized spacial score (nSPS) is 17.4. The van der Waals surface area contributed by atoms with E-state index in [-0.39, 0.29) is 30.0 Å². The maximum Gasteiger partial charge on any atom is 0.319 e. The number of urea groups is 1. The number of nitrogens with one attached hydrogen (secondary N) is 2. The zero-order valence-electron chi connectivity index (χ0n) is 15.0. The number of anilines is 1. The van der Waals surface area contributed by atoms with E-state index in [2.05, 4.69) is 10.6 Å². The lowest BCUT2D eigenvalue weighted by Gasteiger charge is -2.25. The summed E-state index contributed by atoms with van der Waals surface area (Å²) >= 11 is 0. The van der Waals surface area contributed by atoms with Gasteiger partial charge in [0.15, 0.2) is 0 Å². The molecule has 140 valence electrons. The van der Waals surface area contributed by atoms with E-state index < -0.39 is 11.9 Å². The maximum absolute atomic E-state index is 12.4. The van der Waals surface area contributed by atoms with Gasteiger partial charge in [-0.15, -0.1) is 0 Å². The highest BCUT2D eigenvalue weighted by Gasteiger charge is 2.34. The Hall–Kier alpha value is -3.35. The molecule has 1 heterocycles. The van der Waals surface area contributed by atoms with Crippen molar-refractivity contribution in [2.45, 2.75) is 25.4 Å². The Bertz CT molecular complexity index is 853. The number of likely N-dealkylation sites (tertiary alicyclic amines) is 1. The van der Waals surface area contributed by atoms with E-state index >= 15 is 0 Å². The molecule has 2 aromatic rings. The van der Waals surface area contributed by atoms with E-state index in [1.54, 1.807) is 29.2 Å². The highest BCUT2D eigenvalue weighted by atomic mass is 16.2. The van der Waals surface area contributed by atoms with Crippen LogP contribution in [0.4, 0.5) is 10.5 Å². The first kappa shape index (κ1) is 18.4. The summed E-state index contributed by atoms with van der Waals surface area (Å²) in [6.45, 7) is 2.40. The van der Waals surface area contributed by atoms with E-state index in [1.807, 2.05) is 37.3 Å². The molecule has 7 heteroatoms. The average Bonchev–Trinajstić information content (AvgIpc) is 3.02. The number of carbonyl (C=O) groups is 3. The first-order valence-electron chi connectivity index (χ1n) is 8.76. The van der Waals surface area contributed by atoms with Crippen LogP contribution in [0.5, 0.6) is 0 Å². The van der Waals surface area contributed by atoms with Gasteiger partial charge in [0.25, 0.3) is 5.91 Å². The van der Waals surface area contributed by atoms with Crippen LogP contribution in [0.2, 0.25) is 0 Å². The Morgan fingerprint density at radius 1 is 1.11 bits per heavy atom. The molecule has 2 atom stereocenters. The number of benzene rings is 2. The minimum Gasteiger partial charge on any atom is -0.366 e. The number of nitrogens with two attached hydrogens (primary N) is 1. The number of hydrogen-bond acceptors (Lipinski definition) is 3. The molecule has 0 radical (unpaired) electrons. The number of carbonyl (C=O) groups excluding carboxylic acids is 3. The Labute approximate surface area is 157 Å². The first-order chi connectivity index (χ1) is 13.0. The van der Waals surface area contributed by atoms with Crippen molar-refractivity contribution in [1.82, 2.24) is 10.2 Å². The number of amides is 4. The van der Waals surface area contributed by atoms with Crippen LogP contribution in [-0.2, 0) is 4.79 Å². The summed E-state index contributed by atoms with van der Waals surface area (Å²) in [5.41, 5.74) is 6.93. The summed E-state index contributed by atoms with van der Waals surface area (Å²) in [5, 5.41) is 5.42. The van der Waals surface area contributed by atoms with Gasteiger partial charge >= 0.3 is 6.03 Å². The molecule has 0 bridgehead atoms. The molecule has 4 amide bonds. The van der Waals surface area contributed by atoms with Crippen LogP contribution in [-0.4, -0.2) is 35.3 Å². The van der Waals surface area contributed by atoms with Crippen molar-refractivity contribution in [2.24, 2.45) is 5.73 Å². The summed E-state index contributed by atoms with van der Waals surface area (Å²) in [5.74, 6) is -0.626. The quantitative estimate of drug-likeness (QED) is 0.756. The maximum atomic E-state index is 12.4. The second-order valence-electron chi connectivity index (χ2n) is 6.54. The lowest BCUT2D eigenvalue weighted by molar-refractivity contribution is -0.129. The zero-order valence-corrected chi connectivity index (χ0v) is 15.0. The van der Waals surface area contributed by atoms with Gasteiger partial charge in [0.1, 0.15) is 0 Å². The van der Waals surface area contributed by atoms with Crippen molar-refractivity contribution in [3.63, 3.8) is 0 Å². The third kappa shape index (κ3) is 4.25. The van der Waals surface area contributed by atoms with Gasteiger partial charge < -0.3 is 21.3 Å². The van der Waals surface area contributed by atoms with Gasteiger partial charge in [-0.05, 0) is 24.6 Å². The number of rotatable bonds is 5. The molecule has 7 nitrogen and oxygen atoms in total. The van der Waals surface area contributed by atoms with Crippen molar-refractivity contribution in [1.29, 1.82) is 0 Å². The van der Waals surface area contributed by atoms with Gasteiger partial charge in [-0.2, -0.15) is 0 Å². The number of para-hydroxylation sites is 1. The molecule has 2 unspecified atom stereocenters. The molecule has 27 heavy (non-hydrogen) atoms. The minimum atomic E-state index is -0.621. The van der Waals surface area contributed by atoms with Crippen LogP contribution in [0.15, 0.2) is 54.6 Å². The molecule has 1 aliphatic heterocycles. The lowest BCUT2D eigenvalue weighted by atomic mass is 10.1. The van der Waals surface area contributed by atoms with Crippen LogP contribution in [0, 0.1) is 0 Å². The van der Waals surface area contributed by atoms with Crippen molar-refractivity contribution >= 4 is 23.5 Å². The van der Waals surface area contributed by atoms with E-state index in [0.29, 0.717) is 12.2 Å². The number of hydrogen-bond donors (Lipinski definition) is 3. The molecule has 3 rings (SSSR count). The van der Waals surface area contributed by atoms with Crippen molar-refractivity contribution in [3.8, 4) is 0 Å². The highest BCUT2D eigenvalue weighted by molar-refractivity contribution is 6.02. The molecule has 0 spiro atoms. The Morgan fingerprint density at radius 2 is 1.78 bits per heavy atom. The highest BCUT2D eigenvalue weighted by Crippen LogP contribution is 2.25. The van der Waals surface area contributed by atoms with Crippen LogP contribution in [0.3, 0.4) is 0 Å². The minimum absolute atomic E-state index is 0.00538. The average molecular weight is 366 g/mol. The standard InChI is InChI=1S/C20H22N4O3/c1-13(14-7-3-2-4-8-14)24-12-15(11-18(24)25)22-20(27)23-17-10-6-5-9-16(17)19(21)26/h2-10,13,15H,11-12H2,1H3,(H2,21,26)(H2,22,23,27). The fourth-order valence-electron chi connectivity index (χ4n) is 3.26. The van der Waals surface area contributed by atoms with Crippen molar-refractivity contribution in [3.05, 3.63) is 65.7 Å². The smallest absolute Gasteiger partial charge is 0.319 e.